The maximum Gasteiger partial charge on any atom is 0.120 e. The van der Waals surface area contributed by atoms with Gasteiger partial charge in [0.1, 0.15) is 5.75 Å². The molecule has 0 spiro atoms. The third-order valence-corrected chi connectivity index (χ3v) is 3.80. The zero-order chi connectivity index (χ0) is 12.3. The molecule has 1 aromatic carbocycles. The second-order valence-corrected chi connectivity index (χ2v) is 4.97. The second-order valence-electron chi connectivity index (χ2n) is 4.97. The molecule has 0 unspecified atom stereocenters. The van der Waals surface area contributed by atoms with Gasteiger partial charge in [-0.15, -0.1) is 12.4 Å². The molecule has 0 amide bonds. The Kier molecular flexibility index (Phi) is 5.93. The Balaban J connectivity index is 0.00000162. The van der Waals surface area contributed by atoms with Gasteiger partial charge in [-0.1, -0.05) is 37.5 Å². The van der Waals surface area contributed by atoms with Crippen LogP contribution >= 0.6 is 12.4 Å². The first kappa shape index (κ1) is 15.3. The van der Waals surface area contributed by atoms with Crippen molar-refractivity contribution in [3.05, 3.63) is 29.8 Å². The number of hydrogen-bond donors (Lipinski definition) is 3. The van der Waals surface area contributed by atoms with Crippen LogP contribution < -0.4 is 5.73 Å². The molecule has 1 aliphatic rings. The van der Waals surface area contributed by atoms with Crippen LogP contribution in [0.4, 0.5) is 0 Å². The molecule has 3 nitrogen and oxygen atoms in total. The Bertz CT molecular complexity index is 367. The third-order valence-electron chi connectivity index (χ3n) is 3.80. The Morgan fingerprint density at radius 1 is 1.11 bits per heavy atom. The molecule has 0 aliphatic heterocycles. The summed E-state index contributed by atoms with van der Waals surface area (Å²) in [6.45, 7) is 0. The van der Waals surface area contributed by atoms with E-state index in [1.807, 2.05) is 6.07 Å². The number of rotatable bonds is 3. The van der Waals surface area contributed by atoms with Crippen molar-refractivity contribution in [3.63, 3.8) is 0 Å². The zero-order valence-electron chi connectivity index (χ0n) is 10.5. The molecule has 18 heavy (non-hydrogen) atoms. The van der Waals surface area contributed by atoms with Crippen molar-refractivity contribution in [1.82, 2.24) is 0 Å². The molecule has 0 heterocycles. The molecule has 1 aliphatic carbocycles. The van der Waals surface area contributed by atoms with E-state index in [1.165, 1.54) is 19.3 Å². The minimum Gasteiger partial charge on any atom is -0.508 e. The van der Waals surface area contributed by atoms with Crippen LogP contribution in [0.3, 0.4) is 0 Å². The van der Waals surface area contributed by atoms with Gasteiger partial charge in [0.2, 0.25) is 0 Å². The monoisotopic (exact) mass is 271 g/mol. The number of halogens is 1. The molecule has 102 valence electrons. The van der Waals surface area contributed by atoms with E-state index in [-0.39, 0.29) is 24.1 Å². The number of nitrogens with two attached hydrogens (primary N) is 1. The third kappa shape index (κ3) is 3.37. The molecule has 2 rings (SSSR count). The zero-order valence-corrected chi connectivity index (χ0v) is 11.3. The summed E-state index contributed by atoms with van der Waals surface area (Å²) in [5.74, 6) is 0.452. The fraction of sp³-hybridized carbons (Fsp3) is 0.571. The van der Waals surface area contributed by atoms with Crippen LogP contribution in [0, 0.1) is 5.92 Å². The number of aromatic hydroxyl groups is 1. The van der Waals surface area contributed by atoms with E-state index in [4.69, 9.17) is 5.73 Å². The highest BCUT2D eigenvalue weighted by molar-refractivity contribution is 5.85. The quantitative estimate of drug-likeness (QED) is 0.792. The maximum atomic E-state index is 10.3. The van der Waals surface area contributed by atoms with Crippen LogP contribution in [0.5, 0.6) is 5.75 Å². The van der Waals surface area contributed by atoms with E-state index >= 15 is 0 Å². The Morgan fingerprint density at radius 3 is 2.33 bits per heavy atom. The van der Waals surface area contributed by atoms with E-state index in [0.717, 1.165) is 12.8 Å². The summed E-state index contributed by atoms with van der Waals surface area (Å²) in [7, 11) is 0. The predicted octanol–water partition coefficient (Wildman–Crippen LogP) is 2.76. The van der Waals surface area contributed by atoms with Gasteiger partial charge in [0.15, 0.2) is 0 Å². The number of phenolic OH excluding ortho intramolecular Hbond substituents is 1. The van der Waals surface area contributed by atoms with E-state index < -0.39 is 12.1 Å². The summed E-state index contributed by atoms with van der Waals surface area (Å²) in [5.41, 5.74) is 6.70. The lowest BCUT2D eigenvalue weighted by molar-refractivity contribution is 0.0611. The average Bonchev–Trinajstić information content (AvgIpc) is 2.39. The highest BCUT2D eigenvalue weighted by atomic mass is 35.5. The first-order valence-electron chi connectivity index (χ1n) is 6.41. The number of para-hydroxylation sites is 1. The number of phenols is 1. The predicted molar refractivity (Wildman–Crippen MR) is 74.9 cm³/mol. The summed E-state index contributed by atoms with van der Waals surface area (Å²) in [6, 6.07) is 6.51. The average molecular weight is 272 g/mol. The van der Waals surface area contributed by atoms with E-state index in [0.29, 0.717) is 5.56 Å². The largest absolute Gasteiger partial charge is 0.508 e. The fourth-order valence-electron chi connectivity index (χ4n) is 2.72. The van der Waals surface area contributed by atoms with Crippen LogP contribution in [0.1, 0.15) is 43.7 Å². The number of aliphatic hydroxyl groups is 1. The Hall–Kier alpha value is -0.770. The van der Waals surface area contributed by atoms with Gasteiger partial charge in [-0.2, -0.15) is 0 Å². The van der Waals surface area contributed by atoms with Gasteiger partial charge in [0, 0.05) is 5.56 Å². The first-order chi connectivity index (χ1) is 8.20. The number of hydrogen-bond acceptors (Lipinski definition) is 3. The smallest absolute Gasteiger partial charge is 0.120 e. The molecular formula is C14H22ClNO2. The highest BCUT2D eigenvalue weighted by Crippen LogP contribution is 2.33. The summed E-state index contributed by atoms with van der Waals surface area (Å²) < 4.78 is 0. The van der Waals surface area contributed by atoms with Crippen molar-refractivity contribution in [2.75, 3.05) is 0 Å². The molecule has 1 aromatic rings. The van der Waals surface area contributed by atoms with Gasteiger partial charge in [0.25, 0.3) is 0 Å². The summed E-state index contributed by atoms with van der Waals surface area (Å²) >= 11 is 0. The summed E-state index contributed by atoms with van der Waals surface area (Å²) in [5, 5.41) is 20.0. The normalized spacial score (nSPS) is 19.9. The number of benzene rings is 1. The molecule has 0 saturated heterocycles. The van der Waals surface area contributed by atoms with Crippen LogP contribution in [0.15, 0.2) is 24.3 Å². The molecule has 4 heteroatoms. The minimum atomic E-state index is -0.552. The van der Waals surface area contributed by atoms with Crippen molar-refractivity contribution in [1.29, 1.82) is 0 Å². The summed E-state index contributed by atoms with van der Waals surface area (Å²) in [6.07, 6.45) is 5.15. The highest BCUT2D eigenvalue weighted by Gasteiger charge is 2.28. The molecule has 2 atom stereocenters. The van der Waals surface area contributed by atoms with E-state index in [9.17, 15) is 10.2 Å². The first-order valence-corrected chi connectivity index (χ1v) is 6.41. The minimum absolute atomic E-state index is 0. The van der Waals surface area contributed by atoms with Gasteiger partial charge < -0.3 is 15.9 Å². The molecule has 0 aromatic heterocycles. The van der Waals surface area contributed by atoms with Crippen LogP contribution in [0.2, 0.25) is 0 Å². The lowest BCUT2D eigenvalue weighted by Gasteiger charge is -2.30. The molecular weight excluding hydrogens is 250 g/mol. The van der Waals surface area contributed by atoms with Crippen molar-refractivity contribution in [2.24, 2.45) is 11.7 Å². The SMILES string of the molecule is Cl.N[C@H](c1ccccc1O)[C@@H](O)C1CCCCC1. The molecule has 0 bridgehead atoms. The topological polar surface area (TPSA) is 66.5 Å². The van der Waals surface area contributed by atoms with Crippen molar-refractivity contribution in [2.45, 2.75) is 44.2 Å². The second kappa shape index (κ2) is 6.98. The van der Waals surface area contributed by atoms with Crippen LogP contribution in [0.25, 0.3) is 0 Å². The van der Waals surface area contributed by atoms with Crippen LogP contribution in [-0.4, -0.2) is 16.3 Å². The van der Waals surface area contributed by atoms with Crippen molar-refractivity contribution < 1.29 is 10.2 Å². The van der Waals surface area contributed by atoms with E-state index in [1.54, 1.807) is 18.2 Å². The van der Waals surface area contributed by atoms with Gasteiger partial charge in [-0.05, 0) is 24.8 Å². The van der Waals surface area contributed by atoms with Gasteiger partial charge in [-0.3, -0.25) is 0 Å². The van der Waals surface area contributed by atoms with E-state index in [2.05, 4.69) is 0 Å². The molecule has 1 fully saturated rings. The van der Waals surface area contributed by atoms with Crippen molar-refractivity contribution in [3.8, 4) is 5.75 Å². The Morgan fingerprint density at radius 2 is 1.72 bits per heavy atom. The molecule has 0 radical (unpaired) electrons. The summed E-state index contributed by atoms with van der Waals surface area (Å²) in [4.78, 5) is 0. The Labute approximate surface area is 114 Å². The van der Waals surface area contributed by atoms with Crippen LogP contribution in [-0.2, 0) is 0 Å². The molecule has 1 saturated carbocycles. The fourth-order valence-corrected chi connectivity index (χ4v) is 2.72. The maximum absolute atomic E-state index is 10.3. The van der Waals surface area contributed by atoms with Crippen molar-refractivity contribution >= 4 is 12.4 Å². The van der Waals surface area contributed by atoms with Gasteiger partial charge in [0.05, 0.1) is 12.1 Å². The number of aliphatic hydroxyl groups excluding tert-OH is 1. The lowest BCUT2D eigenvalue weighted by atomic mass is 9.81. The lowest BCUT2D eigenvalue weighted by Crippen LogP contribution is -2.34. The standard InChI is InChI=1S/C14H21NO2.ClH/c15-13(11-8-4-5-9-12(11)16)14(17)10-6-2-1-3-7-10;/h4-5,8-10,13-14,16-17H,1-3,6-7,15H2;1H/t13-,14+;/m1./s1. The van der Waals surface area contributed by atoms with Gasteiger partial charge in [-0.25, -0.2) is 0 Å². The van der Waals surface area contributed by atoms with Gasteiger partial charge >= 0.3 is 0 Å². The molecule has 4 N–H and O–H groups in total.